The lowest BCUT2D eigenvalue weighted by Gasteiger charge is -2.08. The van der Waals surface area contributed by atoms with Crippen molar-refractivity contribution in [1.29, 1.82) is 0 Å². The lowest BCUT2D eigenvalue weighted by Crippen LogP contribution is -2.11. The summed E-state index contributed by atoms with van der Waals surface area (Å²) >= 11 is 7.32. The van der Waals surface area contributed by atoms with E-state index < -0.39 is 0 Å². The van der Waals surface area contributed by atoms with E-state index in [0.717, 1.165) is 5.56 Å². The molecular weight excluding hydrogens is 332 g/mol. The van der Waals surface area contributed by atoms with Crippen molar-refractivity contribution in [3.8, 4) is 5.75 Å². The molecule has 1 heterocycles. The molecule has 0 radical (unpaired) electrons. The molecule has 0 fully saturated rings. The molecule has 1 amide bonds. The fraction of sp³-hybridized carbons (Fsp3) is 0.0588. The standard InChI is InChI=1S/C17H13ClN2O2S/c18-14-5-1-3-12(9-14)11-22-15-6-2-4-13(10-15)16(21)20-17-19-7-8-23-17/h1-10H,11H2,(H,19,20,21). The fourth-order valence-corrected chi connectivity index (χ4v) is 2.71. The van der Waals surface area contributed by atoms with Crippen molar-refractivity contribution >= 4 is 34.0 Å². The van der Waals surface area contributed by atoms with Crippen LogP contribution in [0.3, 0.4) is 0 Å². The Bertz CT molecular complexity index is 806. The van der Waals surface area contributed by atoms with Crippen LogP contribution >= 0.6 is 22.9 Å². The number of halogens is 1. The predicted octanol–water partition coefficient (Wildman–Crippen LogP) is 4.63. The average molecular weight is 345 g/mol. The SMILES string of the molecule is O=C(Nc1nccs1)c1cccc(OCc2cccc(Cl)c2)c1. The fourth-order valence-electron chi connectivity index (χ4n) is 1.97. The Kier molecular flexibility index (Phi) is 4.90. The van der Waals surface area contributed by atoms with Gasteiger partial charge in [-0.05, 0) is 35.9 Å². The van der Waals surface area contributed by atoms with E-state index in [1.807, 2.05) is 30.3 Å². The number of rotatable bonds is 5. The lowest BCUT2D eigenvalue weighted by atomic mass is 10.2. The number of nitrogens with one attached hydrogen (secondary N) is 1. The quantitative estimate of drug-likeness (QED) is 0.734. The average Bonchev–Trinajstić information content (AvgIpc) is 3.06. The minimum Gasteiger partial charge on any atom is -0.489 e. The number of benzene rings is 2. The van der Waals surface area contributed by atoms with Crippen LogP contribution in [0.25, 0.3) is 0 Å². The van der Waals surface area contributed by atoms with Gasteiger partial charge in [0.2, 0.25) is 0 Å². The molecule has 23 heavy (non-hydrogen) atoms. The van der Waals surface area contributed by atoms with Gasteiger partial charge >= 0.3 is 0 Å². The molecule has 3 aromatic rings. The zero-order valence-corrected chi connectivity index (χ0v) is 13.6. The van der Waals surface area contributed by atoms with Crippen molar-refractivity contribution in [1.82, 2.24) is 4.98 Å². The van der Waals surface area contributed by atoms with Gasteiger partial charge in [-0.3, -0.25) is 10.1 Å². The Balaban J connectivity index is 1.66. The highest BCUT2D eigenvalue weighted by Crippen LogP contribution is 2.18. The van der Waals surface area contributed by atoms with Gasteiger partial charge in [0.25, 0.3) is 5.91 Å². The van der Waals surface area contributed by atoms with Gasteiger partial charge in [-0.15, -0.1) is 11.3 Å². The molecular formula is C17H13ClN2O2S. The van der Waals surface area contributed by atoms with Crippen LogP contribution in [0.2, 0.25) is 5.02 Å². The largest absolute Gasteiger partial charge is 0.489 e. The molecule has 1 aromatic heterocycles. The summed E-state index contributed by atoms with van der Waals surface area (Å²) in [6.07, 6.45) is 1.64. The Morgan fingerprint density at radius 2 is 2.09 bits per heavy atom. The van der Waals surface area contributed by atoms with E-state index in [1.165, 1.54) is 11.3 Å². The van der Waals surface area contributed by atoms with Gasteiger partial charge in [-0.2, -0.15) is 0 Å². The second kappa shape index (κ2) is 7.26. The van der Waals surface area contributed by atoms with E-state index in [-0.39, 0.29) is 5.91 Å². The number of hydrogen-bond donors (Lipinski definition) is 1. The monoisotopic (exact) mass is 344 g/mol. The second-order valence-corrected chi connectivity index (χ2v) is 6.07. The summed E-state index contributed by atoms with van der Waals surface area (Å²) in [6.45, 7) is 0.387. The van der Waals surface area contributed by atoms with Crippen LogP contribution in [0.4, 0.5) is 5.13 Å². The summed E-state index contributed by atoms with van der Waals surface area (Å²) in [4.78, 5) is 16.2. The molecule has 0 atom stereocenters. The van der Waals surface area contributed by atoms with Crippen LogP contribution in [-0.4, -0.2) is 10.9 Å². The summed E-state index contributed by atoms with van der Waals surface area (Å²) in [7, 11) is 0. The maximum absolute atomic E-state index is 12.2. The molecule has 2 aromatic carbocycles. The molecule has 0 aliphatic heterocycles. The maximum Gasteiger partial charge on any atom is 0.257 e. The number of carbonyl (C=O) groups is 1. The lowest BCUT2D eigenvalue weighted by molar-refractivity contribution is 0.102. The van der Waals surface area contributed by atoms with E-state index in [2.05, 4.69) is 10.3 Å². The zero-order valence-electron chi connectivity index (χ0n) is 12.0. The van der Waals surface area contributed by atoms with Gasteiger partial charge < -0.3 is 4.74 Å². The first kappa shape index (κ1) is 15.5. The number of carbonyl (C=O) groups excluding carboxylic acids is 1. The van der Waals surface area contributed by atoms with Crippen molar-refractivity contribution in [3.05, 3.63) is 76.3 Å². The van der Waals surface area contributed by atoms with Crippen LogP contribution in [0.15, 0.2) is 60.1 Å². The number of ether oxygens (including phenoxy) is 1. The molecule has 0 bridgehead atoms. The first-order valence-electron chi connectivity index (χ1n) is 6.89. The number of thiazole rings is 1. The number of anilines is 1. The number of amides is 1. The number of hydrogen-bond acceptors (Lipinski definition) is 4. The molecule has 0 spiro atoms. The summed E-state index contributed by atoms with van der Waals surface area (Å²) in [6, 6.07) is 14.5. The summed E-state index contributed by atoms with van der Waals surface area (Å²) in [5, 5.41) is 5.79. The summed E-state index contributed by atoms with van der Waals surface area (Å²) in [5.41, 5.74) is 1.49. The van der Waals surface area contributed by atoms with Gasteiger partial charge in [0.15, 0.2) is 5.13 Å². The third kappa shape index (κ3) is 4.31. The number of nitrogens with zero attached hydrogens (tertiary/aromatic N) is 1. The molecule has 0 saturated heterocycles. The van der Waals surface area contributed by atoms with Crippen LogP contribution in [0.1, 0.15) is 15.9 Å². The molecule has 0 saturated carbocycles. The zero-order chi connectivity index (χ0) is 16.1. The van der Waals surface area contributed by atoms with Crippen molar-refractivity contribution in [2.75, 3.05) is 5.32 Å². The summed E-state index contributed by atoms with van der Waals surface area (Å²) in [5.74, 6) is 0.407. The van der Waals surface area contributed by atoms with E-state index in [4.69, 9.17) is 16.3 Å². The van der Waals surface area contributed by atoms with Crippen molar-refractivity contribution in [2.24, 2.45) is 0 Å². The maximum atomic E-state index is 12.2. The molecule has 0 unspecified atom stereocenters. The normalized spacial score (nSPS) is 10.3. The van der Waals surface area contributed by atoms with Crippen molar-refractivity contribution < 1.29 is 9.53 Å². The van der Waals surface area contributed by atoms with E-state index in [9.17, 15) is 4.79 Å². The topological polar surface area (TPSA) is 51.2 Å². The molecule has 0 aliphatic rings. The Morgan fingerprint density at radius 3 is 2.87 bits per heavy atom. The van der Waals surface area contributed by atoms with Crippen molar-refractivity contribution in [3.63, 3.8) is 0 Å². The molecule has 1 N–H and O–H groups in total. The first-order valence-corrected chi connectivity index (χ1v) is 8.14. The molecule has 116 valence electrons. The third-order valence-corrected chi connectivity index (χ3v) is 3.97. The minimum atomic E-state index is -0.215. The van der Waals surface area contributed by atoms with Crippen molar-refractivity contribution in [2.45, 2.75) is 6.61 Å². The van der Waals surface area contributed by atoms with Crippen LogP contribution in [0.5, 0.6) is 5.75 Å². The number of aromatic nitrogens is 1. The van der Waals surface area contributed by atoms with Gasteiger partial charge in [0, 0.05) is 22.2 Å². The first-order chi connectivity index (χ1) is 11.2. The van der Waals surface area contributed by atoms with Gasteiger partial charge in [-0.1, -0.05) is 29.8 Å². The highest BCUT2D eigenvalue weighted by Gasteiger charge is 2.08. The Hall–Kier alpha value is -2.37. The Morgan fingerprint density at radius 1 is 1.22 bits per heavy atom. The van der Waals surface area contributed by atoms with Gasteiger partial charge in [0.1, 0.15) is 12.4 Å². The van der Waals surface area contributed by atoms with Crippen LogP contribution in [-0.2, 0) is 6.61 Å². The van der Waals surface area contributed by atoms with Crippen LogP contribution in [0, 0.1) is 0 Å². The minimum absolute atomic E-state index is 0.215. The van der Waals surface area contributed by atoms with E-state index in [0.29, 0.717) is 28.1 Å². The highest BCUT2D eigenvalue weighted by atomic mass is 35.5. The third-order valence-electron chi connectivity index (χ3n) is 3.04. The van der Waals surface area contributed by atoms with E-state index >= 15 is 0 Å². The molecule has 0 aliphatic carbocycles. The smallest absolute Gasteiger partial charge is 0.257 e. The summed E-state index contributed by atoms with van der Waals surface area (Å²) < 4.78 is 5.72. The molecule has 4 nitrogen and oxygen atoms in total. The predicted molar refractivity (Wildman–Crippen MR) is 92.3 cm³/mol. The van der Waals surface area contributed by atoms with Gasteiger partial charge in [-0.25, -0.2) is 4.98 Å². The Labute approximate surface area is 142 Å². The van der Waals surface area contributed by atoms with E-state index in [1.54, 1.807) is 29.8 Å². The second-order valence-electron chi connectivity index (χ2n) is 4.74. The highest BCUT2D eigenvalue weighted by molar-refractivity contribution is 7.13. The van der Waals surface area contributed by atoms with Gasteiger partial charge in [0.05, 0.1) is 0 Å². The molecule has 3 rings (SSSR count). The van der Waals surface area contributed by atoms with Crippen LogP contribution < -0.4 is 10.1 Å². The molecule has 6 heteroatoms.